The van der Waals surface area contributed by atoms with E-state index in [1.165, 1.54) is 16.1 Å². The standard InChI is InChI=1S/C19H24N2O3S/c1-25(23,24)21(18-11-6-3-7-12-18)16-8-13-19(22)20-15-14-17-9-4-2-5-10-17/h2-7,9-12H,8,13-16H2,1H3,(H,20,22). The monoisotopic (exact) mass is 360 g/mol. The van der Waals surface area contributed by atoms with Gasteiger partial charge in [-0.1, -0.05) is 48.5 Å². The summed E-state index contributed by atoms with van der Waals surface area (Å²) in [5.41, 5.74) is 1.80. The van der Waals surface area contributed by atoms with Gasteiger partial charge in [-0.05, 0) is 30.5 Å². The zero-order valence-electron chi connectivity index (χ0n) is 14.4. The van der Waals surface area contributed by atoms with E-state index in [0.29, 0.717) is 25.1 Å². The van der Waals surface area contributed by atoms with Crippen LogP contribution in [0.2, 0.25) is 0 Å². The van der Waals surface area contributed by atoms with Gasteiger partial charge in [-0.3, -0.25) is 9.10 Å². The maximum absolute atomic E-state index is 12.0. The fraction of sp³-hybridized carbons (Fsp3) is 0.316. The number of para-hydroxylation sites is 1. The lowest BCUT2D eigenvalue weighted by Crippen LogP contribution is -2.32. The maximum atomic E-state index is 12.0. The fourth-order valence-electron chi connectivity index (χ4n) is 2.54. The van der Waals surface area contributed by atoms with Crippen LogP contribution in [0.3, 0.4) is 0 Å². The molecule has 2 rings (SSSR count). The molecule has 0 aliphatic rings. The van der Waals surface area contributed by atoms with Crippen molar-refractivity contribution in [3.63, 3.8) is 0 Å². The Balaban J connectivity index is 1.77. The third-order valence-corrected chi connectivity index (χ3v) is 4.98. The summed E-state index contributed by atoms with van der Waals surface area (Å²) in [5, 5.41) is 2.88. The predicted molar refractivity (Wildman–Crippen MR) is 101 cm³/mol. The zero-order chi connectivity index (χ0) is 18.1. The summed E-state index contributed by atoms with van der Waals surface area (Å²) in [7, 11) is -3.37. The molecule has 5 nitrogen and oxygen atoms in total. The van der Waals surface area contributed by atoms with Crippen LogP contribution in [-0.2, 0) is 21.2 Å². The van der Waals surface area contributed by atoms with E-state index in [-0.39, 0.29) is 12.5 Å². The van der Waals surface area contributed by atoms with Crippen molar-refractivity contribution in [1.29, 1.82) is 0 Å². The summed E-state index contributed by atoms with van der Waals surface area (Å²) in [4.78, 5) is 11.9. The number of anilines is 1. The molecule has 0 heterocycles. The van der Waals surface area contributed by atoms with E-state index >= 15 is 0 Å². The van der Waals surface area contributed by atoms with Crippen LogP contribution in [0.15, 0.2) is 60.7 Å². The zero-order valence-corrected chi connectivity index (χ0v) is 15.2. The van der Waals surface area contributed by atoms with Gasteiger partial charge in [-0.15, -0.1) is 0 Å². The van der Waals surface area contributed by atoms with Crippen molar-refractivity contribution in [1.82, 2.24) is 5.32 Å². The minimum Gasteiger partial charge on any atom is -0.356 e. The number of hydrogen-bond donors (Lipinski definition) is 1. The summed E-state index contributed by atoms with van der Waals surface area (Å²) in [5.74, 6) is -0.0579. The van der Waals surface area contributed by atoms with Crippen molar-refractivity contribution in [2.45, 2.75) is 19.3 Å². The number of sulfonamides is 1. The number of benzene rings is 2. The molecule has 0 radical (unpaired) electrons. The molecule has 0 aliphatic heterocycles. The number of carbonyl (C=O) groups excluding carboxylic acids is 1. The lowest BCUT2D eigenvalue weighted by atomic mass is 10.1. The third kappa shape index (κ3) is 6.58. The van der Waals surface area contributed by atoms with E-state index in [2.05, 4.69) is 5.32 Å². The highest BCUT2D eigenvalue weighted by atomic mass is 32.2. The van der Waals surface area contributed by atoms with Gasteiger partial charge in [0.05, 0.1) is 11.9 Å². The van der Waals surface area contributed by atoms with Gasteiger partial charge in [0, 0.05) is 19.5 Å². The smallest absolute Gasteiger partial charge is 0.232 e. The molecule has 0 saturated carbocycles. The van der Waals surface area contributed by atoms with Gasteiger partial charge >= 0.3 is 0 Å². The molecule has 0 fully saturated rings. The van der Waals surface area contributed by atoms with E-state index in [4.69, 9.17) is 0 Å². The number of carbonyl (C=O) groups is 1. The first-order valence-electron chi connectivity index (χ1n) is 8.30. The van der Waals surface area contributed by atoms with Crippen molar-refractivity contribution < 1.29 is 13.2 Å². The molecule has 2 aromatic rings. The molecule has 2 aromatic carbocycles. The lowest BCUT2D eigenvalue weighted by molar-refractivity contribution is -0.121. The SMILES string of the molecule is CS(=O)(=O)N(CCCC(=O)NCCc1ccccc1)c1ccccc1. The molecule has 0 spiro atoms. The molecule has 0 aromatic heterocycles. The molecule has 0 unspecified atom stereocenters. The second kappa shape index (κ2) is 9.22. The Kier molecular flexibility index (Phi) is 7.01. The number of rotatable bonds is 9. The van der Waals surface area contributed by atoms with E-state index in [0.717, 1.165) is 6.42 Å². The Labute approximate surface area is 149 Å². The topological polar surface area (TPSA) is 66.5 Å². The summed E-state index contributed by atoms with van der Waals surface area (Å²) >= 11 is 0. The van der Waals surface area contributed by atoms with Gasteiger partial charge < -0.3 is 5.32 Å². The van der Waals surface area contributed by atoms with Crippen LogP contribution >= 0.6 is 0 Å². The molecular weight excluding hydrogens is 336 g/mol. The fourth-order valence-corrected chi connectivity index (χ4v) is 3.51. The Hall–Kier alpha value is -2.34. The Bertz CT molecular complexity index is 762. The van der Waals surface area contributed by atoms with Crippen molar-refractivity contribution in [2.24, 2.45) is 0 Å². The highest BCUT2D eigenvalue weighted by Crippen LogP contribution is 2.17. The highest BCUT2D eigenvalue weighted by molar-refractivity contribution is 7.92. The first-order chi connectivity index (χ1) is 12.0. The first-order valence-corrected chi connectivity index (χ1v) is 10.1. The Morgan fingerprint density at radius 3 is 2.20 bits per heavy atom. The van der Waals surface area contributed by atoms with E-state index < -0.39 is 10.0 Å². The van der Waals surface area contributed by atoms with E-state index in [1.54, 1.807) is 24.3 Å². The molecule has 0 atom stereocenters. The molecule has 6 heteroatoms. The van der Waals surface area contributed by atoms with Gasteiger partial charge in [-0.25, -0.2) is 8.42 Å². The molecule has 0 aliphatic carbocycles. The molecule has 134 valence electrons. The van der Waals surface area contributed by atoms with Gasteiger partial charge in [0.1, 0.15) is 0 Å². The summed E-state index contributed by atoms with van der Waals surface area (Å²) < 4.78 is 25.3. The number of hydrogen-bond acceptors (Lipinski definition) is 3. The molecule has 1 amide bonds. The number of amides is 1. The van der Waals surface area contributed by atoms with Crippen LogP contribution < -0.4 is 9.62 Å². The van der Waals surface area contributed by atoms with Crippen LogP contribution in [0.25, 0.3) is 0 Å². The minimum atomic E-state index is -3.37. The average molecular weight is 360 g/mol. The van der Waals surface area contributed by atoms with Crippen molar-refractivity contribution in [3.05, 3.63) is 66.2 Å². The maximum Gasteiger partial charge on any atom is 0.232 e. The second-order valence-corrected chi connectivity index (χ2v) is 7.77. The van der Waals surface area contributed by atoms with Crippen LogP contribution in [-0.4, -0.2) is 33.7 Å². The van der Waals surface area contributed by atoms with E-state index in [1.807, 2.05) is 36.4 Å². The van der Waals surface area contributed by atoms with Crippen molar-refractivity contribution in [2.75, 3.05) is 23.7 Å². The quantitative estimate of drug-likeness (QED) is 0.747. The minimum absolute atomic E-state index is 0.0579. The first kappa shape index (κ1) is 19.0. The van der Waals surface area contributed by atoms with Crippen LogP contribution in [0.4, 0.5) is 5.69 Å². The molecule has 1 N–H and O–H groups in total. The van der Waals surface area contributed by atoms with Crippen LogP contribution in [0, 0.1) is 0 Å². The van der Waals surface area contributed by atoms with Gasteiger partial charge in [0.25, 0.3) is 0 Å². The van der Waals surface area contributed by atoms with Crippen molar-refractivity contribution in [3.8, 4) is 0 Å². The number of nitrogens with zero attached hydrogens (tertiary/aromatic N) is 1. The van der Waals surface area contributed by atoms with Crippen LogP contribution in [0.1, 0.15) is 18.4 Å². The normalized spacial score (nSPS) is 11.1. The van der Waals surface area contributed by atoms with E-state index in [9.17, 15) is 13.2 Å². The van der Waals surface area contributed by atoms with Crippen molar-refractivity contribution >= 4 is 21.6 Å². The summed E-state index contributed by atoms with van der Waals surface area (Å²) in [6, 6.07) is 18.9. The third-order valence-electron chi connectivity index (χ3n) is 3.79. The molecule has 0 saturated heterocycles. The Morgan fingerprint density at radius 2 is 1.60 bits per heavy atom. The molecule has 0 bridgehead atoms. The molecular formula is C19H24N2O3S. The van der Waals surface area contributed by atoms with Crippen LogP contribution in [0.5, 0.6) is 0 Å². The largest absolute Gasteiger partial charge is 0.356 e. The number of nitrogens with one attached hydrogen (secondary N) is 1. The second-order valence-electron chi connectivity index (χ2n) is 5.86. The average Bonchev–Trinajstić information content (AvgIpc) is 2.59. The highest BCUT2D eigenvalue weighted by Gasteiger charge is 2.17. The van der Waals surface area contributed by atoms with Gasteiger partial charge in [-0.2, -0.15) is 0 Å². The van der Waals surface area contributed by atoms with Gasteiger partial charge in [0.2, 0.25) is 15.9 Å². The Morgan fingerprint density at radius 1 is 1.00 bits per heavy atom. The predicted octanol–water partition coefficient (Wildman–Crippen LogP) is 2.59. The molecule has 25 heavy (non-hydrogen) atoms. The lowest BCUT2D eigenvalue weighted by Gasteiger charge is -2.22. The van der Waals surface area contributed by atoms with Gasteiger partial charge in [0.15, 0.2) is 0 Å². The summed E-state index contributed by atoms with van der Waals surface area (Å²) in [6.07, 6.45) is 2.73. The summed E-state index contributed by atoms with van der Waals surface area (Å²) in [6.45, 7) is 0.867.